The lowest BCUT2D eigenvalue weighted by atomic mass is 9.87. The molecule has 2 amide bonds. The van der Waals surface area contributed by atoms with Crippen molar-refractivity contribution in [3.63, 3.8) is 0 Å². The Morgan fingerprint density at radius 1 is 1.29 bits per heavy atom. The highest BCUT2D eigenvalue weighted by Gasteiger charge is 2.22. The van der Waals surface area contributed by atoms with Gasteiger partial charge in [0.15, 0.2) is 0 Å². The number of carbonyl (C=O) groups excluding carboxylic acids is 1. The fraction of sp³-hybridized carbons (Fsp3) is 0.533. The molecule has 0 radical (unpaired) electrons. The Kier molecular flexibility index (Phi) is 6.14. The van der Waals surface area contributed by atoms with Crippen molar-refractivity contribution in [2.75, 3.05) is 0 Å². The van der Waals surface area contributed by atoms with Gasteiger partial charge in [0.1, 0.15) is 0 Å². The van der Waals surface area contributed by atoms with Crippen LogP contribution in [0.25, 0.3) is 0 Å². The average molecular weight is 293 g/mol. The van der Waals surface area contributed by atoms with Crippen LogP contribution >= 0.6 is 0 Å². The second-order valence-electron chi connectivity index (χ2n) is 6.24. The minimum Gasteiger partial charge on any atom is -0.481 e. The summed E-state index contributed by atoms with van der Waals surface area (Å²) in [6.07, 6.45) is 3.82. The van der Waals surface area contributed by atoms with Crippen molar-refractivity contribution in [3.05, 3.63) is 30.1 Å². The minimum atomic E-state index is -0.918. The molecule has 0 bridgehead atoms. The molecule has 1 aromatic heterocycles. The molecule has 1 unspecified atom stereocenters. The number of hydrogen-bond acceptors (Lipinski definition) is 3. The van der Waals surface area contributed by atoms with E-state index in [-0.39, 0.29) is 23.9 Å². The molecule has 0 aliphatic heterocycles. The Morgan fingerprint density at radius 2 is 1.90 bits per heavy atom. The molecular formula is C15H23N3O3. The van der Waals surface area contributed by atoms with Crippen LogP contribution in [-0.4, -0.2) is 28.1 Å². The van der Waals surface area contributed by atoms with Crippen LogP contribution < -0.4 is 10.6 Å². The van der Waals surface area contributed by atoms with Crippen LogP contribution in [0, 0.1) is 5.41 Å². The highest BCUT2D eigenvalue weighted by molar-refractivity contribution is 5.75. The summed E-state index contributed by atoms with van der Waals surface area (Å²) in [5.74, 6) is -0.918. The van der Waals surface area contributed by atoms with Gasteiger partial charge in [0.25, 0.3) is 0 Å². The number of hydrogen-bond donors (Lipinski definition) is 3. The quantitative estimate of drug-likeness (QED) is 0.749. The predicted molar refractivity (Wildman–Crippen MR) is 79.7 cm³/mol. The van der Waals surface area contributed by atoms with Crippen molar-refractivity contribution in [1.82, 2.24) is 15.6 Å². The third kappa shape index (κ3) is 7.91. The number of rotatable bonds is 6. The number of pyridine rings is 1. The molecule has 0 spiro atoms. The zero-order chi connectivity index (χ0) is 15.9. The van der Waals surface area contributed by atoms with E-state index in [2.05, 4.69) is 15.6 Å². The van der Waals surface area contributed by atoms with Crippen molar-refractivity contribution >= 4 is 12.0 Å². The molecule has 6 heteroatoms. The van der Waals surface area contributed by atoms with E-state index in [1.807, 2.05) is 32.9 Å². The van der Waals surface area contributed by atoms with E-state index < -0.39 is 5.97 Å². The number of amides is 2. The van der Waals surface area contributed by atoms with Gasteiger partial charge in [-0.3, -0.25) is 9.78 Å². The van der Waals surface area contributed by atoms with Gasteiger partial charge in [-0.05, 0) is 29.5 Å². The zero-order valence-electron chi connectivity index (χ0n) is 12.7. The number of carboxylic acids is 1. The monoisotopic (exact) mass is 293 g/mol. The first kappa shape index (κ1) is 16.9. The summed E-state index contributed by atoms with van der Waals surface area (Å²) in [7, 11) is 0. The van der Waals surface area contributed by atoms with Gasteiger partial charge in [-0.1, -0.05) is 20.8 Å². The van der Waals surface area contributed by atoms with Crippen LogP contribution in [0.2, 0.25) is 0 Å². The van der Waals surface area contributed by atoms with Gasteiger partial charge >= 0.3 is 12.0 Å². The van der Waals surface area contributed by atoms with Gasteiger partial charge in [0.2, 0.25) is 0 Å². The molecule has 0 saturated carbocycles. The van der Waals surface area contributed by atoms with Gasteiger partial charge in [-0.2, -0.15) is 0 Å². The van der Waals surface area contributed by atoms with Crippen LogP contribution in [0.5, 0.6) is 0 Å². The zero-order valence-corrected chi connectivity index (χ0v) is 12.7. The molecule has 116 valence electrons. The van der Waals surface area contributed by atoms with Crippen LogP contribution in [0.4, 0.5) is 4.79 Å². The summed E-state index contributed by atoms with van der Waals surface area (Å²) in [6.45, 7) is 6.42. The van der Waals surface area contributed by atoms with Crippen LogP contribution in [-0.2, 0) is 11.3 Å². The smallest absolute Gasteiger partial charge is 0.315 e. The minimum absolute atomic E-state index is 0.0570. The van der Waals surface area contributed by atoms with Crippen molar-refractivity contribution in [3.8, 4) is 0 Å². The van der Waals surface area contributed by atoms with Crippen molar-refractivity contribution in [2.24, 2.45) is 5.41 Å². The summed E-state index contributed by atoms with van der Waals surface area (Å²) < 4.78 is 0. The second kappa shape index (κ2) is 7.61. The maximum atomic E-state index is 11.9. The largest absolute Gasteiger partial charge is 0.481 e. The maximum Gasteiger partial charge on any atom is 0.315 e. The van der Waals surface area contributed by atoms with Gasteiger partial charge in [-0.25, -0.2) is 4.79 Å². The molecule has 0 aliphatic carbocycles. The highest BCUT2D eigenvalue weighted by Crippen LogP contribution is 2.22. The molecule has 1 rings (SSSR count). The number of aliphatic carboxylic acids is 1. The normalized spacial score (nSPS) is 12.5. The van der Waals surface area contributed by atoms with Gasteiger partial charge < -0.3 is 15.7 Å². The third-order valence-corrected chi connectivity index (χ3v) is 2.82. The number of carboxylic acid groups (broad SMARTS) is 1. The van der Waals surface area contributed by atoms with E-state index >= 15 is 0 Å². The summed E-state index contributed by atoms with van der Waals surface area (Å²) in [6, 6.07) is 2.87. The number of nitrogens with zero attached hydrogens (tertiary/aromatic N) is 1. The third-order valence-electron chi connectivity index (χ3n) is 2.82. The number of urea groups is 1. The van der Waals surface area contributed by atoms with Crippen LogP contribution in [0.15, 0.2) is 24.5 Å². The summed E-state index contributed by atoms with van der Waals surface area (Å²) in [5, 5.41) is 14.4. The lowest BCUT2D eigenvalue weighted by molar-refractivity contribution is -0.137. The van der Waals surface area contributed by atoms with E-state index in [1.165, 1.54) is 0 Å². The van der Waals surface area contributed by atoms with E-state index in [4.69, 9.17) is 5.11 Å². The maximum absolute atomic E-state index is 11.9. The standard InChI is InChI=1S/C15H23N3O3/c1-15(2,3)9-12(8-13(19)20)18-14(21)17-10-11-4-6-16-7-5-11/h4-7,12H,8-10H2,1-3H3,(H,19,20)(H2,17,18,21). The Morgan fingerprint density at radius 3 is 2.43 bits per heavy atom. The molecule has 0 aliphatic rings. The SMILES string of the molecule is CC(C)(C)CC(CC(=O)O)NC(=O)NCc1ccncc1. The molecule has 0 aromatic carbocycles. The van der Waals surface area contributed by atoms with E-state index in [9.17, 15) is 9.59 Å². The molecule has 0 saturated heterocycles. The second-order valence-corrected chi connectivity index (χ2v) is 6.24. The lowest BCUT2D eigenvalue weighted by Gasteiger charge is -2.25. The molecule has 1 aromatic rings. The fourth-order valence-electron chi connectivity index (χ4n) is 2.04. The Balaban J connectivity index is 2.49. The molecule has 0 fully saturated rings. The van der Waals surface area contributed by atoms with E-state index in [1.54, 1.807) is 12.4 Å². The number of aromatic nitrogens is 1. The molecule has 3 N–H and O–H groups in total. The number of carbonyl (C=O) groups is 2. The molecule has 1 atom stereocenters. The van der Waals surface area contributed by atoms with Crippen molar-refractivity contribution in [1.29, 1.82) is 0 Å². The summed E-state index contributed by atoms with van der Waals surface area (Å²) in [4.78, 5) is 26.6. The van der Waals surface area contributed by atoms with E-state index in [0.29, 0.717) is 13.0 Å². The van der Waals surface area contributed by atoms with Crippen molar-refractivity contribution in [2.45, 2.75) is 46.2 Å². The first-order valence-corrected chi connectivity index (χ1v) is 6.91. The van der Waals surface area contributed by atoms with E-state index in [0.717, 1.165) is 5.56 Å². The first-order valence-electron chi connectivity index (χ1n) is 6.91. The van der Waals surface area contributed by atoms with Crippen LogP contribution in [0.1, 0.15) is 39.2 Å². The predicted octanol–water partition coefficient (Wildman–Crippen LogP) is 2.16. The van der Waals surface area contributed by atoms with Gasteiger partial charge in [0.05, 0.1) is 6.42 Å². The van der Waals surface area contributed by atoms with Gasteiger partial charge in [-0.15, -0.1) is 0 Å². The van der Waals surface area contributed by atoms with Crippen molar-refractivity contribution < 1.29 is 14.7 Å². The molecular weight excluding hydrogens is 270 g/mol. The Bertz CT molecular complexity index is 469. The Hall–Kier alpha value is -2.11. The topological polar surface area (TPSA) is 91.3 Å². The van der Waals surface area contributed by atoms with Crippen LogP contribution in [0.3, 0.4) is 0 Å². The highest BCUT2D eigenvalue weighted by atomic mass is 16.4. The van der Waals surface area contributed by atoms with Gasteiger partial charge in [0, 0.05) is 25.0 Å². The number of nitrogens with one attached hydrogen (secondary N) is 2. The Labute approximate surface area is 125 Å². The summed E-state index contributed by atoms with van der Waals surface area (Å²) >= 11 is 0. The molecule has 6 nitrogen and oxygen atoms in total. The lowest BCUT2D eigenvalue weighted by Crippen LogP contribution is -2.44. The average Bonchev–Trinajstić information content (AvgIpc) is 2.34. The molecule has 21 heavy (non-hydrogen) atoms. The first-order chi connectivity index (χ1) is 9.76. The molecule has 1 heterocycles. The summed E-state index contributed by atoms with van der Waals surface area (Å²) in [5.41, 5.74) is 0.879. The fourth-order valence-corrected chi connectivity index (χ4v) is 2.04.